The van der Waals surface area contributed by atoms with E-state index in [0.29, 0.717) is 45.9 Å². The molecule has 1 aliphatic heterocycles. The molecule has 1 atom stereocenters. The Hall–Kier alpha value is -3.52. The normalized spacial score (nSPS) is 15.7. The van der Waals surface area contributed by atoms with Crippen molar-refractivity contribution in [1.29, 1.82) is 0 Å². The molecule has 1 N–H and O–H groups in total. The van der Waals surface area contributed by atoms with E-state index in [2.05, 4.69) is 0 Å². The topological polar surface area (TPSA) is 98.4 Å². The van der Waals surface area contributed by atoms with Crippen LogP contribution in [0.4, 0.5) is 0 Å². The second kappa shape index (κ2) is 9.32. The summed E-state index contributed by atoms with van der Waals surface area (Å²) in [5.74, 6) is 1.33. The van der Waals surface area contributed by atoms with Crippen molar-refractivity contribution in [2.75, 3.05) is 34.0 Å². The molecule has 32 heavy (non-hydrogen) atoms. The minimum absolute atomic E-state index is 0.0464. The minimum Gasteiger partial charge on any atom is -0.493 e. The third-order valence-corrected chi connectivity index (χ3v) is 5.67. The Morgan fingerprint density at radius 2 is 1.94 bits per heavy atom. The zero-order chi connectivity index (χ0) is 22.7. The van der Waals surface area contributed by atoms with E-state index in [4.69, 9.17) is 18.6 Å². The molecule has 1 fully saturated rings. The van der Waals surface area contributed by atoms with E-state index in [1.54, 1.807) is 54.5 Å². The molecule has 1 amide bonds. The molecule has 4 rings (SSSR count). The molecular formula is C24H25NO7. The number of ether oxygens (including phenoxy) is 3. The molecule has 168 valence electrons. The first-order chi connectivity index (χ1) is 15.5. The van der Waals surface area contributed by atoms with Gasteiger partial charge in [0.05, 0.1) is 32.4 Å². The van der Waals surface area contributed by atoms with Crippen molar-refractivity contribution in [3.63, 3.8) is 0 Å². The van der Waals surface area contributed by atoms with Crippen LogP contribution in [0.25, 0.3) is 22.1 Å². The molecule has 1 saturated heterocycles. The van der Waals surface area contributed by atoms with E-state index in [0.717, 1.165) is 12.8 Å². The fraction of sp³-hybridized carbons (Fsp3) is 0.333. The predicted octanol–water partition coefficient (Wildman–Crippen LogP) is 2.84. The van der Waals surface area contributed by atoms with E-state index >= 15 is 0 Å². The summed E-state index contributed by atoms with van der Waals surface area (Å²) in [5.41, 5.74) is 0.902. The molecular weight excluding hydrogens is 414 g/mol. The highest BCUT2D eigenvalue weighted by molar-refractivity contribution is 5.83. The second-order valence-corrected chi connectivity index (χ2v) is 7.57. The van der Waals surface area contributed by atoms with Gasteiger partial charge in [-0.2, -0.15) is 0 Å². The van der Waals surface area contributed by atoms with Crippen molar-refractivity contribution < 1.29 is 28.5 Å². The maximum atomic E-state index is 12.6. The summed E-state index contributed by atoms with van der Waals surface area (Å²) in [6, 6.07) is 11.9. The Balaban J connectivity index is 1.55. The smallest absolute Gasteiger partial charge is 0.344 e. The Bertz CT molecular complexity index is 1190. The van der Waals surface area contributed by atoms with Crippen molar-refractivity contribution in [3.05, 3.63) is 52.9 Å². The summed E-state index contributed by atoms with van der Waals surface area (Å²) in [7, 11) is 3.08. The number of nitrogens with zero attached hydrogens (tertiary/aromatic N) is 1. The summed E-state index contributed by atoms with van der Waals surface area (Å²) in [5, 5.41) is 10.1. The van der Waals surface area contributed by atoms with Gasteiger partial charge in [0.15, 0.2) is 18.1 Å². The number of methoxy groups -OCH3 is 2. The molecule has 0 spiro atoms. The molecule has 8 nitrogen and oxygen atoms in total. The lowest BCUT2D eigenvalue weighted by atomic mass is 10.1. The van der Waals surface area contributed by atoms with Crippen LogP contribution in [0.5, 0.6) is 17.2 Å². The van der Waals surface area contributed by atoms with Gasteiger partial charge in [-0.05, 0) is 48.7 Å². The number of benzene rings is 2. The lowest BCUT2D eigenvalue weighted by Gasteiger charge is -2.22. The number of hydrogen-bond acceptors (Lipinski definition) is 7. The molecule has 3 aromatic rings. The average Bonchev–Trinajstić information content (AvgIpc) is 3.30. The summed E-state index contributed by atoms with van der Waals surface area (Å²) >= 11 is 0. The Kier molecular flexibility index (Phi) is 6.32. The monoisotopic (exact) mass is 439 g/mol. The SMILES string of the molecule is COc1ccc(-c2cc3ccc(OCC(=O)N4CCC[C@H]4CO)cc3oc2=O)cc1OC. The molecule has 0 aliphatic carbocycles. The average molecular weight is 439 g/mol. The number of aliphatic hydroxyl groups is 1. The lowest BCUT2D eigenvalue weighted by molar-refractivity contribution is -0.134. The molecule has 2 aromatic carbocycles. The number of likely N-dealkylation sites (tertiary alicyclic amines) is 1. The third kappa shape index (κ3) is 4.27. The van der Waals surface area contributed by atoms with Gasteiger partial charge in [-0.25, -0.2) is 4.79 Å². The predicted molar refractivity (Wildman–Crippen MR) is 118 cm³/mol. The Morgan fingerprint density at radius 1 is 1.12 bits per heavy atom. The highest BCUT2D eigenvalue weighted by Crippen LogP contribution is 2.32. The summed E-state index contributed by atoms with van der Waals surface area (Å²) in [4.78, 5) is 26.7. The van der Waals surface area contributed by atoms with Crippen LogP contribution in [0.3, 0.4) is 0 Å². The van der Waals surface area contributed by atoms with Gasteiger partial charge in [0, 0.05) is 18.0 Å². The number of rotatable bonds is 7. The van der Waals surface area contributed by atoms with Gasteiger partial charge in [0.25, 0.3) is 5.91 Å². The van der Waals surface area contributed by atoms with Crippen LogP contribution in [0, 0.1) is 0 Å². The molecule has 0 unspecified atom stereocenters. The number of fused-ring (bicyclic) bond motifs is 1. The molecule has 0 radical (unpaired) electrons. The van der Waals surface area contributed by atoms with Crippen LogP contribution >= 0.6 is 0 Å². The highest BCUT2D eigenvalue weighted by Gasteiger charge is 2.28. The van der Waals surface area contributed by atoms with E-state index in [9.17, 15) is 14.7 Å². The minimum atomic E-state index is -0.499. The zero-order valence-electron chi connectivity index (χ0n) is 18.0. The van der Waals surface area contributed by atoms with Crippen LogP contribution in [0.1, 0.15) is 12.8 Å². The van der Waals surface area contributed by atoms with Crippen LogP contribution in [-0.2, 0) is 4.79 Å². The van der Waals surface area contributed by atoms with E-state index in [-0.39, 0.29) is 25.2 Å². The maximum absolute atomic E-state index is 12.6. The lowest BCUT2D eigenvalue weighted by Crippen LogP contribution is -2.40. The van der Waals surface area contributed by atoms with Gasteiger partial charge in [-0.15, -0.1) is 0 Å². The van der Waals surface area contributed by atoms with Crippen molar-refractivity contribution in [2.45, 2.75) is 18.9 Å². The van der Waals surface area contributed by atoms with Crippen LogP contribution < -0.4 is 19.8 Å². The second-order valence-electron chi connectivity index (χ2n) is 7.57. The summed E-state index contributed by atoms with van der Waals surface area (Å²) < 4.78 is 21.7. The summed E-state index contributed by atoms with van der Waals surface area (Å²) in [6.07, 6.45) is 1.67. The summed E-state index contributed by atoms with van der Waals surface area (Å²) in [6.45, 7) is 0.435. The van der Waals surface area contributed by atoms with E-state index < -0.39 is 5.63 Å². The van der Waals surface area contributed by atoms with Gasteiger partial charge in [-0.3, -0.25) is 4.79 Å². The fourth-order valence-electron chi connectivity index (χ4n) is 3.97. The number of hydrogen-bond donors (Lipinski definition) is 1. The molecule has 0 saturated carbocycles. The molecule has 1 aliphatic rings. The van der Waals surface area contributed by atoms with Crippen molar-refractivity contribution in [1.82, 2.24) is 4.90 Å². The molecule has 1 aromatic heterocycles. The van der Waals surface area contributed by atoms with Gasteiger partial charge >= 0.3 is 5.63 Å². The van der Waals surface area contributed by atoms with Crippen LogP contribution in [0.15, 0.2) is 51.7 Å². The van der Waals surface area contributed by atoms with Crippen LogP contribution in [0.2, 0.25) is 0 Å². The number of carbonyl (C=O) groups excluding carboxylic acids is 1. The van der Waals surface area contributed by atoms with Gasteiger partial charge in [0.1, 0.15) is 11.3 Å². The van der Waals surface area contributed by atoms with Gasteiger partial charge in [-0.1, -0.05) is 6.07 Å². The number of aliphatic hydroxyl groups excluding tert-OH is 1. The number of carbonyl (C=O) groups is 1. The quantitative estimate of drug-likeness (QED) is 0.565. The highest BCUT2D eigenvalue weighted by atomic mass is 16.5. The molecule has 0 bridgehead atoms. The molecule has 2 heterocycles. The third-order valence-electron chi connectivity index (χ3n) is 5.67. The van der Waals surface area contributed by atoms with Gasteiger partial charge in [0.2, 0.25) is 0 Å². The Labute approximate surface area is 184 Å². The first kappa shape index (κ1) is 21.7. The fourth-order valence-corrected chi connectivity index (χ4v) is 3.97. The van der Waals surface area contributed by atoms with E-state index in [1.165, 1.54) is 7.11 Å². The van der Waals surface area contributed by atoms with Crippen LogP contribution in [-0.4, -0.2) is 55.9 Å². The van der Waals surface area contributed by atoms with Crippen molar-refractivity contribution in [3.8, 4) is 28.4 Å². The molecule has 8 heteroatoms. The number of amides is 1. The largest absolute Gasteiger partial charge is 0.493 e. The standard InChI is InChI=1S/C24H25NO7/c1-29-20-8-6-15(11-22(20)30-2)19-10-16-5-7-18(12-21(16)32-24(19)28)31-14-23(27)25-9-3-4-17(25)13-26/h5-8,10-12,17,26H,3-4,9,13-14H2,1-2H3/t17-/m0/s1. The van der Waals surface area contributed by atoms with Gasteiger partial charge < -0.3 is 28.6 Å². The maximum Gasteiger partial charge on any atom is 0.344 e. The zero-order valence-corrected chi connectivity index (χ0v) is 18.0. The van der Waals surface area contributed by atoms with Crippen molar-refractivity contribution >= 4 is 16.9 Å². The first-order valence-corrected chi connectivity index (χ1v) is 10.4. The Morgan fingerprint density at radius 3 is 2.69 bits per heavy atom. The van der Waals surface area contributed by atoms with E-state index in [1.807, 2.05) is 0 Å². The van der Waals surface area contributed by atoms with Crippen molar-refractivity contribution in [2.24, 2.45) is 0 Å². The first-order valence-electron chi connectivity index (χ1n) is 10.4.